The average Bonchev–Trinajstić information content (AvgIpc) is 2.48. The predicted molar refractivity (Wildman–Crippen MR) is 84.8 cm³/mol. The number of para-hydroxylation sites is 1. The Morgan fingerprint density at radius 3 is 2.75 bits per heavy atom. The molecule has 0 unspecified atom stereocenters. The smallest absolute Gasteiger partial charge is 0.216 e. The van der Waals surface area contributed by atoms with Crippen LogP contribution in [0.1, 0.15) is 38.2 Å². The molecule has 0 spiro atoms. The molecule has 20 heavy (non-hydrogen) atoms. The quantitative estimate of drug-likeness (QED) is 0.835. The Hall–Kier alpha value is -1.77. The van der Waals surface area contributed by atoms with Gasteiger partial charge in [0.15, 0.2) is 0 Å². The van der Waals surface area contributed by atoms with Crippen molar-refractivity contribution < 1.29 is 4.79 Å². The first kappa shape index (κ1) is 14.6. The van der Waals surface area contributed by atoms with Gasteiger partial charge in [0.25, 0.3) is 0 Å². The van der Waals surface area contributed by atoms with E-state index in [1.54, 1.807) is 6.92 Å². The normalized spacial score (nSPS) is 15.6. The molecule has 3 nitrogen and oxygen atoms in total. The standard InChI is InChI=1S/C17H24N2O/c1-15(20)18-12-6-5-10-16-9-3-4-11-17(16)19-13-7-2-8-14-19/h3-5,9-11H,2,6-8,12-14H2,1H3,(H,18,20). The lowest BCUT2D eigenvalue weighted by Gasteiger charge is -2.30. The summed E-state index contributed by atoms with van der Waals surface area (Å²) in [5, 5.41) is 2.81. The zero-order valence-electron chi connectivity index (χ0n) is 12.3. The summed E-state index contributed by atoms with van der Waals surface area (Å²) in [6.07, 6.45) is 9.12. The molecular formula is C17H24N2O. The van der Waals surface area contributed by atoms with E-state index in [1.807, 2.05) is 0 Å². The van der Waals surface area contributed by atoms with Crippen LogP contribution in [0.25, 0.3) is 6.08 Å². The highest BCUT2D eigenvalue weighted by Gasteiger charge is 2.12. The number of rotatable bonds is 5. The highest BCUT2D eigenvalue weighted by atomic mass is 16.1. The van der Waals surface area contributed by atoms with Crippen LogP contribution in [0.4, 0.5) is 5.69 Å². The number of nitrogens with one attached hydrogen (secondary N) is 1. The van der Waals surface area contributed by atoms with E-state index in [9.17, 15) is 4.79 Å². The fourth-order valence-electron chi connectivity index (χ4n) is 2.59. The minimum atomic E-state index is 0.0344. The van der Waals surface area contributed by atoms with Crippen LogP contribution in [0.5, 0.6) is 0 Å². The van der Waals surface area contributed by atoms with Crippen molar-refractivity contribution in [3.8, 4) is 0 Å². The molecule has 1 aliphatic rings. The van der Waals surface area contributed by atoms with Crippen LogP contribution in [-0.4, -0.2) is 25.5 Å². The Balaban J connectivity index is 1.96. The summed E-state index contributed by atoms with van der Waals surface area (Å²) in [6.45, 7) is 4.58. The van der Waals surface area contributed by atoms with Gasteiger partial charge in [0, 0.05) is 32.2 Å². The van der Waals surface area contributed by atoms with Crippen molar-refractivity contribution in [3.05, 3.63) is 35.9 Å². The van der Waals surface area contributed by atoms with Gasteiger partial charge in [-0.2, -0.15) is 0 Å². The highest BCUT2D eigenvalue weighted by Crippen LogP contribution is 2.25. The zero-order valence-corrected chi connectivity index (χ0v) is 12.3. The van der Waals surface area contributed by atoms with Crippen LogP contribution in [0.15, 0.2) is 30.3 Å². The maximum atomic E-state index is 10.8. The van der Waals surface area contributed by atoms with Crippen molar-refractivity contribution in [2.75, 3.05) is 24.5 Å². The molecule has 1 saturated heterocycles. The monoisotopic (exact) mass is 272 g/mol. The third-order valence-corrected chi connectivity index (χ3v) is 3.62. The molecular weight excluding hydrogens is 248 g/mol. The number of hydrogen-bond donors (Lipinski definition) is 1. The van der Waals surface area contributed by atoms with E-state index in [0.29, 0.717) is 6.54 Å². The van der Waals surface area contributed by atoms with E-state index in [-0.39, 0.29) is 5.91 Å². The molecule has 1 aliphatic heterocycles. The molecule has 3 heteroatoms. The lowest BCUT2D eigenvalue weighted by atomic mass is 10.1. The van der Waals surface area contributed by atoms with Gasteiger partial charge < -0.3 is 10.2 Å². The lowest BCUT2D eigenvalue weighted by Crippen LogP contribution is -2.29. The van der Waals surface area contributed by atoms with Gasteiger partial charge in [-0.1, -0.05) is 30.4 Å². The van der Waals surface area contributed by atoms with Crippen LogP contribution in [0.3, 0.4) is 0 Å². The first-order valence-electron chi connectivity index (χ1n) is 7.52. The molecule has 1 N–H and O–H groups in total. The SMILES string of the molecule is CC(=O)NCCC=Cc1ccccc1N1CCCCC1. The maximum Gasteiger partial charge on any atom is 0.216 e. The summed E-state index contributed by atoms with van der Waals surface area (Å²) in [5.74, 6) is 0.0344. The van der Waals surface area contributed by atoms with E-state index in [0.717, 1.165) is 19.5 Å². The number of hydrogen-bond acceptors (Lipinski definition) is 2. The second-order valence-electron chi connectivity index (χ2n) is 5.28. The highest BCUT2D eigenvalue weighted by molar-refractivity contribution is 5.72. The van der Waals surface area contributed by atoms with Crippen LogP contribution < -0.4 is 10.2 Å². The van der Waals surface area contributed by atoms with Crippen LogP contribution in [0.2, 0.25) is 0 Å². The molecule has 108 valence electrons. The van der Waals surface area contributed by atoms with E-state index >= 15 is 0 Å². The number of carbonyl (C=O) groups excluding carboxylic acids is 1. The molecule has 2 rings (SSSR count). The number of amides is 1. The summed E-state index contributed by atoms with van der Waals surface area (Å²) in [5.41, 5.74) is 2.61. The molecule has 0 aromatic heterocycles. The molecule has 0 atom stereocenters. The van der Waals surface area contributed by atoms with Crippen LogP contribution in [-0.2, 0) is 4.79 Å². The Labute approximate surface area is 121 Å². The second kappa shape index (κ2) is 7.73. The molecule has 0 aliphatic carbocycles. The molecule has 1 heterocycles. The molecule has 0 radical (unpaired) electrons. The van der Waals surface area contributed by atoms with E-state index < -0.39 is 0 Å². The lowest BCUT2D eigenvalue weighted by molar-refractivity contribution is -0.118. The van der Waals surface area contributed by atoms with Crippen LogP contribution in [0, 0.1) is 0 Å². The predicted octanol–water partition coefficient (Wildman–Crippen LogP) is 3.22. The van der Waals surface area contributed by atoms with E-state index in [2.05, 4.69) is 46.6 Å². The maximum absolute atomic E-state index is 10.8. The molecule has 1 aromatic carbocycles. The summed E-state index contributed by atoms with van der Waals surface area (Å²) < 4.78 is 0. The van der Waals surface area contributed by atoms with E-state index in [1.165, 1.54) is 30.5 Å². The van der Waals surface area contributed by atoms with Gasteiger partial charge >= 0.3 is 0 Å². The van der Waals surface area contributed by atoms with Crippen molar-refractivity contribution in [1.29, 1.82) is 0 Å². The minimum absolute atomic E-state index is 0.0344. The average molecular weight is 272 g/mol. The van der Waals surface area contributed by atoms with Gasteiger partial charge in [-0.3, -0.25) is 4.79 Å². The topological polar surface area (TPSA) is 32.3 Å². The van der Waals surface area contributed by atoms with Gasteiger partial charge in [-0.05, 0) is 37.3 Å². The van der Waals surface area contributed by atoms with Gasteiger partial charge in [0.2, 0.25) is 5.91 Å². The summed E-state index contributed by atoms with van der Waals surface area (Å²) in [6, 6.07) is 8.57. The first-order chi connectivity index (χ1) is 9.77. The molecule has 1 aromatic rings. The Bertz CT molecular complexity index is 462. The van der Waals surface area contributed by atoms with Gasteiger partial charge in [-0.25, -0.2) is 0 Å². The van der Waals surface area contributed by atoms with Crippen molar-refractivity contribution in [2.45, 2.75) is 32.6 Å². The van der Waals surface area contributed by atoms with Gasteiger partial charge in [-0.15, -0.1) is 0 Å². The number of piperidine rings is 1. The Morgan fingerprint density at radius 1 is 1.25 bits per heavy atom. The Kier molecular flexibility index (Phi) is 5.66. The van der Waals surface area contributed by atoms with Crippen molar-refractivity contribution in [1.82, 2.24) is 5.32 Å². The van der Waals surface area contributed by atoms with Gasteiger partial charge in [0.1, 0.15) is 0 Å². The summed E-state index contributed by atoms with van der Waals surface area (Å²) in [4.78, 5) is 13.3. The summed E-state index contributed by atoms with van der Waals surface area (Å²) in [7, 11) is 0. The van der Waals surface area contributed by atoms with E-state index in [4.69, 9.17) is 0 Å². The largest absolute Gasteiger partial charge is 0.371 e. The number of carbonyl (C=O) groups is 1. The fourth-order valence-corrected chi connectivity index (χ4v) is 2.59. The number of nitrogens with zero attached hydrogens (tertiary/aromatic N) is 1. The molecule has 0 saturated carbocycles. The number of benzene rings is 1. The van der Waals surface area contributed by atoms with Crippen molar-refractivity contribution in [2.24, 2.45) is 0 Å². The number of anilines is 1. The zero-order chi connectivity index (χ0) is 14.2. The second-order valence-corrected chi connectivity index (χ2v) is 5.28. The summed E-state index contributed by atoms with van der Waals surface area (Å²) >= 11 is 0. The van der Waals surface area contributed by atoms with Crippen LogP contribution >= 0.6 is 0 Å². The fraction of sp³-hybridized carbons (Fsp3) is 0.471. The molecule has 1 amide bonds. The van der Waals surface area contributed by atoms with Crippen molar-refractivity contribution in [3.63, 3.8) is 0 Å². The molecule has 0 bridgehead atoms. The van der Waals surface area contributed by atoms with Gasteiger partial charge in [0.05, 0.1) is 0 Å². The minimum Gasteiger partial charge on any atom is -0.371 e. The molecule has 1 fully saturated rings. The third-order valence-electron chi connectivity index (χ3n) is 3.62. The first-order valence-corrected chi connectivity index (χ1v) is 7.52. The Morgan fingerprint density at radius 2 is 2.00 bits per heavy atom. The third kappa shape index (κ3) is 4.41. The van der Waals surface area contributed by atoms with Crippen molar-refractivity contribution >= 4 is 17.7 Å².